The fraction of sp³-hybridized carbons (Fsp3) is 0.294. The van der Waals surface area contributed by atoms with E-state index in [1.807, 2.05) is 36.4 Å². The number of nitrogens with one attached hydrogen (secondary N) is 1. The summed E-state index contributed by atoms with van der Waals surface area (Å²) >= 11 is 6.36. The summed E-state index contributed by atoms with van der Waals surface area (Å²) in [4.78, 5) is 0. The van der Waals surface area contributed by atoms with Crippen LogP contribution in [0.25, 0.3) is 0 Å². The summed E-state index contributed by atoms with van der Waals surface area (Å²) in [6, 6.07) is 16.0. The first-order valence-electron chi connectivity index (χ1n) is 6.88. The van der Waals surface area contributed by atoms with E-state index in [4.69, 9.17) is 16.3 Å². The van der Waals surface area contributed by atoms with Crippen molar-refractivity contribution in [1.82, 2.24) is 5.32 Å². The Morgan fingerprint density at radius 2 is 1.70 bits per heavy atom. The van der Waals surface area contributed by atoms with Gasteiger partial charge in [-0.05, 0) is 30.7 Å². The summed E-state index contributed by atoms with van der Waals surface area (Å²) in [5, 5.41) is 4.32. The quantitative estimate of drug-likeness (QED) is 0.849. The zero-order valence-corrected chi connectivity index (χ0v) is 12.7. The van der Waals surface area contributed by atoms with Crippen LogP contribution in [0, 0.1) is 0 Å². The highest BCUT2D eigenvalue weighted by molar-refractivity contribution is 6.31. The third-order valence-electron chi connectivity index (χ3n) is 3.26. The molecule has 3 heteroatoms. The molecule has 0 spiro atoms. The molecule has 0 saturated carbocycles. The van der Waals surface area contributed by atoms with Crippen molar-refractivity contribution in [3.63, 3.8) is 0 Å². The van der Waals surface area contributed by atoms with Crippen molar-refractivity contribution < 1.29 is 4.74 Å². The van der Waals surface area contributed by atoms with E-state index in [1.165, 1.54) is 0 Å². The Hall–Kier alpha value is -1.51. The van der Waals surface area contributed by atoms with Gasteiger partial charge in [0.15, 0.2) is 0 Å². The molecule has 0 bridgehead atoms. The standard InChI is InChI=1S/C17H20ClNO/c1-3-12-19-17(13-8-4-6-10-15(13)18)14-9-5-7-11-16(14)20-2/h4-11,17,19H,3,12H2,1-2H3. The highest BCUT2D eigenvalue weighted by Gasteiger charge is 2.19. The van der Waals surface area contributed by atoms with Crippen molar-refractivity contribution in [1.29, 1.82) is 0 Å². The first-order chi connectivity index (χ1) is 9.77. The molecule has 1 unspecified atom stereocenters. The van der Waals surface area contributed by atoms with E-state index in [2.05, 4.69) is 24.4 Å². The van der Waals surface area contributed by atoms with Crippen LogP contribution in [0.2, 0.25) is 5.02 Å². The lowest BCUT2D eigenvalue weighted by atomic mass is 9.97. The SMILES string of the molecule is CCCNC(c1ccccc1Cl)c1ccccc1OC. The fourth-order valence-corrected chi connectivity index (χ4v) is 2.54. The minimum absolute atomic E-state index is 0.0415. The zero-order valence-electron chi connectivity index (χ0n) is 11.9. The smallest absolute Gasteiger partial charge is 0.123 e. The van der Waals surface area contributed by atoms with E-state index in [-0.39, 0.29) is 6.04 Å². The van der Waals surface area contributed by atoms with E-state index >= 15 is 0 Å². The second-order valence-corrected chi connectivity index (χ2v) is 5.06. The maximum absolute atomic E-state index is 6.36. The van der Waals surface area contributed by atoms with Crippen LogP contribution in [0.4, 0.5) is 0 Å². The maximum Gasteiger partial charge on any atom is 0.123 e. The maximum atomic E-state index is 6.36. The molecule has 0 amide bonds. The number of methoxy groups -OCH3 is 1. The number of rotatable bonds is 6. The van der Waals surface area contributed by atoms with E-state index < -0.39 is 0 Å². The fourth-order valence-electron chi connectivity index (χ4n) is 2.29. The summed E-state index contributed by atoms with van der Waals surface area (Å²) in [5.74, 6) is 0.876. The first kappa shape index (κ1) is 14.9. The van der Waals surface area contributed by atoms with Gasteiger partial charge in [0, 0.05) is 10.6 Å². The van der Waals surface area contributed by atoms with Crippen molar-refractivity contribution in [2.45, 2.75) is 19.4 Å². The van der Waals surface area contributed by atoms with Crippen molar-refractivity contribution in [2.24, 2.45) is 0 Å². The molecule has 1 atom stereocenters. The Kier molecular flexibility index (Phi) is 5.45. The summed E-state index contributed by atoms with van der Waals surface area (Å²) in [6.45, 7) is 3.08. The molecule has 2 rings (SSSR count). The molecule has 0 aliphatic heterocycles. The minimum atomic E-state index is 0.0415. The second kappa shape index (κ2) is 7.32. The molecule has 0 heterocycles. The van der Waals surface area contributed by atoms with Crippen LogP contribution >= 0.6 is 11.6 Å². The van der Waals surface area contributed by atoms with Crippen LogP contribution in [-0.4, -0.2) is 13.7 Å². The van der Waals surface area contributed by atoms with Crippen LogP contribution in [0.1, 0.15) is 30.5 Å². The number of benzene rings is 2. The predicted octanol–water partition coefficient (Wildman–Crippen LogP) is 4.44. The van der Waals surface area contributed by atoms with Crippen LogP contribution in [0.15, 0.2) is 48.5 Å². The van der Waals surface area contributed by atoms with Gasteiger partial charge in [-0.15, -0.1) is 0 Å². The number of para-hydroxylation sites is 1. The highest BCUT2D eigenvalue weighted by atomic mass is 35.5. The molecular weight excluding hydrogens is 270 g/mol. The van der Waals surface area contributed by atoms with Crippen LogP contribution in [0.5, 0.6) is 5.75 Å². The van der Waals surface area contributed by atoms with Gasteiger partial charge < -0.3 is 10.1 Å². The Balaban J connectivity index is 2.44. The Labute approximate surface area is 125 Å². The van der Waals surface area contributed by atoms with Crippen LogP contribution < -0.4 is 10.1 Å². The predicted molar refractivity (Wildman–Crippen MR) is 84.6 cm³/mol. The normalized spacial score (nSPS) is 12.2. The Morgan fingerprint density at radius 3 is 2.35 bits per heavy atom. The molecule has 106 valence electrons. The average molecular weight is 290 g/mol. The van der Waals surface area contributed by atoms with E-state index in [0.29, 0.717) is 0 Å². The molecule has 0 saturated heterocycles. The summed E-state index contributed by atoms with van der Waals surface area (Å²) < 4.78 is 5.48. The molecule has 0 aromatic heterocycles. The molecule has 2 nitrogen and oxygen atoms in total. The monoisotopic (exact) mass is 289 g/mol. The molecule has 0 radical (unpaired) electrons. The van der Waals surface area contributed by atoms with Gasteiger partial charge in [0.1, 0.15) is 5.75 Å². The second-order valence-electron chi connectivity index (χ2n) is 4.65. The van der Waals surface area contributed by atoms with Gasteiger partial charge in [-0.2, -0.15) is 0 Å². The molecule has 2 aromatic rings. The largest absolute Gasteiger partial charge is 0.496 e. The van der Waals surface area contributed by atoms with E-state index in [1.54, 1.807) is 7.11 Å². The third-order valence-corrected chi connectivity index (χ3v) is 3.61. The lowest BCUT2D eigenvalue weighted by molar-refractivity contribution is 0.404. The molecule has 20 heavy (non-hydrogen) atoms. The van der Waals surface area contributed by atoms with Gasteiger partial charge in [-0.3, -0.25) is 0 Å². The molecular formula is C17H20ClNO. The molecule has 0 fully saturated rings. The van der Waals surface area contributed by atoms with Gasteiger partial charge in [0.2, 0.25) is 0 Å². The molecule has 0 aliphatic rings. The Morgan fingerprint density at radius 1 is 1.05 bits per heavy atom. The molecule has 0 aliphatic carbocycles. The van der Waals surface area contributed by atoms with Gasteiger partial charge in [-0.1, -0.05) is 54.9 Å². The first-order valence-corrected chi connectivity index (χ1v) is 7.26. The lowest BCUT2D eigenvalue weighted by Crippen LogP contribution is -2.24. The highest BCUT2D eigenvalue weighted by Crippen LogP contribution is 2.33. The van der Waals surface area contributed by atoms with Crippen LogP contribution in [0.3, 0.4) is 0 Å². The van der Waals surface area contributed by atoms with Crippen molar-refractivity contribution >= 4 is 11.6 Å². The Bertz CT molecular complexity index is 556. The zero-order chi connectivity index (χ0) is 14.4. The van der Waals surface area contributed by atoms with Crippen LogP contribution in [-0.2, 0) is 0 Å². The lowest BCUT2D eigenvalue weighted by Gasteiger charge is -2.22. The summed E-state index contributed by atoms with van der Waals surface area (Å²) in [6.07, 6.45) is 1.07. The topological polar surface area (TPSA) is 21.3 Å². The van der Waals surface area contributed by atoms with Crippen molar-refractivity contribution in [2.75, 3.05) is 13.7 Å². The molecule has 2 aromatic carbocycles. The number of hydrogen-bond acceptors (Lipinski definition) is 2. The van der Waals surface area contributed by atoms with E-state index in [0.717, 1.165) is 34.9 Å². The van der Waals surface area contributed by atoms with Gasteiger partial charge in [0.05, 0.1) is 13.2 Å². The van der Waals surface area contributed by atoms with Crippen molar-refractivity contribution in [3.05, 3.63) is 64.7 Å². The number of halogens is 1. The summed E-state index contributed by atoms with van der Waals surface area (Å²) in [7, 11) is 1.70. The van der Waals surface area contributed by atoms with Crippen molar-refractivity contribution in [3.8, 4) is 5.75 Å². The minimum Gasteiger partial charge on any atom is -0.496 e. The van der Waals surface area contributed by atoms with E-state index in [9.17, 15) is 0 Å². The molecule has 1 N–H and O–H groups in total. The van der Waals surface area contributed by atoms with Gasteiger partial charge in [-0.25, -0.2) is 0 Å². The average Bonchev–Trinajstić information content (AvgIpc) is 2.49. The third kappa shape index (κ3) is 3.33. The number of hydrogen-bond donors (Lipinski definition) is 1. The summed E-state index contributed by atoms with van der Waals surface area (Å²) in [5.41, 5.74) is 2.18. The van der Waals surface area contributed by atoms with Gasteiger partial charge in [0.25, 0.3) is 0 Å². The van der Waals surface area contributed by atoms with Gasteiger partial charge >= 0.3 is 0 Å². The number of ether oxygens (including phenoxy) is 1.